The van der Waals surface area contributed by atoms with Crippen LogP contribution in [0.3, 0.4) is 0 Å². The summed E-state index contributed by atoms with van der Waals surface area (Å²) < 4.78 is 0. The molecular formula is C17H23N. The van der Waals surface area contributed by atoms with Gasteiger partial charge in [0.15, 0.2) is 0 Å². The Labute approximate surface area is 110 Å². The standard InChI is InChI=1S/C17H23N/c1-18-17(14-8-12-7-13(12)9-14)16-10-15(16)11-5-3-2-4-6-11/h2-6,12-18H,7-10H2,1H3. The molecule has 1 aromatic carbocycles. The molecule has 0 heterocycles. The summed E-state index contributed by atoms with van der Waals surface area (Å²) in [6.45, 7) is 0. The zero-order valence-corrected chi connectivity index (χ0v) is 11.2. The highest BCUT2D eigenvalue weighted by Crippen LogP contribution is 2.59. The van der Waals surface area contributed by atoms with E-state index in [1.165, 1.54) is 19.3 Å². The molecule has 18 heavy (non-hydrogen) atoms. The van der Waals surface area contributed by atoms with Gasteiger partial charge in [-0.2, -0.15) is 0 Å². The molecular weight excluding hydrogens is 218 g/mol. The van der Waals surface area contributed by atoms with E-state index in [4.69, 9.17) is 0 Å². The number of fused-ring (bicyclic) bond motifs is 1. The van der Waals surface area contributed by atoms with Crippen molar-refractivity contribution < 1.29 is 0 Å². The Kier molecular flexibility index (Phi) is 2.51. The lowest BCUT2D eigenvalue weighted by Gasteiger charge is -2.25. The third-order valence-electron chi connectivity index (χ3n) is 5.65. The molecule has 1 N–H and O–H groups in total. The van der Waals surface area contributed by atoms with Crippen molar-refractivity contribution in [2.75, 3.05) is 7.05 Å². The second-order valence-electron chi connectivity index (χ2n) is 6.72. The van der Waals surface area contributed by atoms with E-state index in [0.717, 1.165) is 35.6 Å². The van der Waals surface area contributed by atoms with Gasteiger partial charge < -0.3 is 5.32 Å². The number of hydrogen-bond acceptors (Lipinski definition) is 1. The van der Waals surface area contributed by atoms with E-state index in [-0.39, 0.29) is 0 Å². The average molecular weight is 241 g/mol. The predicted molar refractivity (Wildman–Crippen MR) is 74.5 cm³/mol. The monoisotopic (exact) mass is 241 g/mol. The van der Waals surface area contributed by atoms with Crippen LogP contribution in [-0.2, 0) is 0 Å². The molecule has 3 aliphatic carbocycles. The first-order chi connectivity index (χ1) is 8.86. The molecule has 0 spiro atoms. The summed E-state index contributed by atoms with van der Waals surface area (Å²) in [6.07, 6.45) is 5.96. The lowest BCUT2D eigenvalue weighted by molar-refractivity contribution is 0.317. The van der Waals surface area contributed by atoms with Crippen LogP contribution in [-0.4, -0.2) is 13.1 Å². The van der Waals surface area contributed by atoms with Crippen LogP contribution in [0.25, 0.3) is 0 Å². The number of nitrogens with one attached hydrogen (secondary N) is 1. The second-order valence-corrected chi connectivity index (χ2v) is 6.72. The topological polar surface area (TPSA) is 12.0 Å². The molecule has 5 atom stereocenters. The Morgan fingerprint density at radius 1 is 1.00 bits per heavy atom. The zero-order chi connectivity index (χ0) is 12.1. The van der Waals surface area contributed by atoms with Gasteiger partial charge in [-0.05, 0) is 67.9 Å². The fraction of sp³-hybridized carbons (Fsp3) is 0.647. The van der Waals surface area contributed by atoms with Gasteiger partial charge in [0.2, 0.25) is 0 Å². The normalized spacial score (nSPS) is 42.4. The van der Waals surface area contributed by atoms with E-state index in [1.807, 2.05) is 0 Å². The van der Waals surface area contributed by atoms with Crippen LogP contribution in [0.4, 0.5) is 0 Å². The molecule has 0 aromatic heterocycles. The maximum Gasteiger partial charge on any atom is 0.0127 e. The molecule has 0 radical (unpaired) electrons. The molecule has 0 saturated heterocycles. The van der Waals surface area contributed by atoms with E-state index in [0.29, 0.717) is 0 Å². The van der Waals surface area contributed by atoms with E-state index >= 15 is 0 Å². The molecule has 1 nitrogen and oxygen atoms in total. The molecule has 1 aromatic rings. The summed E-state index contributed by atoms with van der Waals surface area (Å²) in [5, 5.41) is 3.65. The van der Waals surface area contributed by atoms with Crippen LogP contribution in [0.15, 0.2) is 30.3 Å². The van der Waals surface area contributed by atoms with Gasteiger partial charge in [0.25, 0.3) is 0 Å². The molecule has 1 heteroatoms. The molecule has 3 fully saturated rings. The zero-order valence-electron chi connectivity index (χ0n) is 11.2. The Morgan fingerprint density at radius 2 is 1.72 bits per heavy atom. The maximum atomic E-state index is 3.65. The van der Waals surface area contributed by atoms with Crippen molar-refractivity contribution in [3.8, 4) is 0 Å². The Bertz CT molecular complexity index is 416. The van der Waals surface area contributed by atoms with Gasteiger partial charge in [-0.3, -0.25) is 0 Å². The van der Waals surface area contributed by atoms with Crippen molar-refractivity contribution in [2.24, 2.45) is 23.7 Å². The second kappa shape index (κ2) is 4.09. The van der Waals surface area contributed by atoms with Gasteiger partial charge in [-0.15, -0.1) is 0 Å². The van der Waals surface area contributed by atoms with Gasteiger partial charge in [0.1, 0.15) is 0 Å². The molecule has 0 bridgehead atoms. The van der Waals surface area contributed by atoms with Gasteiger partial charge in [-0.25, -0.2) is 0 Å². The van der Waals surface area contributed by atoms with Crippen LogP contribution in [0.2, 0.25) is 0 Å². The van der Waals surface area contributed by atoms with Crippen LogP contribution in [0.5, 0.6) is 0 Å². The minimum atomic E-state index is 0.781. The molecule has 3 aliphatic rings. The predicted octanol–water partition coefficient (Wildman–Crippen LogP) is 3.42. The van der Waals surface area contributed by atoms with Crippen LogP contribution in [0.1, 0.15) is 37.2 Å². The Morgan fingerprint density at radius 3 is 2.39 bits per heavy atom. The van der Waals surface area contributed by atoms with Gasteiger partial charge in [0, 0.05) is 6.04 Å². The molecule has 4 rings (SSSR count). The molecule has 0 aliphatic heterocycles. The fourth-order valence-corrected chi connectivity index (χ4v) is 4.55. The Balaban J connectivity index is 1.44. The minimum Gasteiger partial charge on any atom is -0.316 e. The van der Waals surface area contributed by atoms with Crippen molar-refractivity contribution >= 4 is 0 Å². The maximum absolute atomic E-state index is 3.65. The fourth-order valence-electron chi connectivity index (χ4n) is 4.55. The highest BCUT2D eigenvalue weighted by Gasteiger charge is 2.52. The molecule has 3 saturated carbocycles. The van der Waals surface area contributed by atoms with Crippen molar-refractivity contribution in [1.29, 1.82) is 0 Å². The highest BCUT2D eigenvalue weighted by atomic mass is 14.9. The van der Waals surface area contributed by atoms with Crippen LogP contribution >= 0.6 is 0 Å². The van der Waals surface area contributed by atoms with Crippen LogP contribution in [0, 0.1) is 23.7 Å². The van der Waals surface area contributed by atoms with E-state index in [9.17, 15) is 0 Å². The highest BCUT2D eigenvalue weighted by molar-refractivity contribution is 5.27. The lowest BCUT2D eigenvalue weighted by atomic mass is 9.89. The van der Waals surface area contributed by atoms with E-state index in [1.54, 1.807) is 12.0 Å². The third-order valence-corrected chi connectivity index (χ3v) is 5.65. The first kappa shape index (κ1) is 11.0. The van der Waals surface area contributed by atoms with E-state index in [2.05, 4.69) is 42.7 Å². The van der Waals surface area contributed by atoms with Gasteiger partial charge in [-0.1, -0.05) is 30.3 Å². The number of hydrogen-bond donors (Lipinski definition) is 1. The number of rotatable bonds is 4. The summed E-state index contributed by atoms with van der Waals surface area (Å²) in [7, 11) is 2.18. The first-order valence-corrected chi connectivity index (χ1v) is 7.59. The molecule has 96 valence electrons. The molecule has 0 amide bonds. The average Bonchev–Trinajstić information content (AvgIpc) is 3.31. The first-order valence-electron chi connectivity index (χ1n) is 7.59. The summed E-state index contributed by atoms with van der Waals surface area (Å²) >= 11 is 0. The van der Waals surface area contributed by atoms with Crippen LogP contribution < -0.4 is 5.32 Å². The van der Waals surface area contributed by atoms with Crippen molar-refractivity contribution in [3.05, 3.63) is 35.9 Å². The largest absolute Gasteiger partial charge is 0.316 e. The van der Waals surface area contributed by atoms with E-state index < -0.39 is 0 Å². The summed E-state index contributed by atoms with van der Waals surface area (Å²) in [5.41, 5.74) is 1.56. The van der Waals surface area contributed by atoms with Gasteiger partial charge >= 0.3 is 0 Å². The quantitative estimate of drug-likeness (QED) is 0.851. The molecule has 5 unspecified atom stereocenters. The SMILES string of the molecule is CNC(C1CC2CC2C1)C1CC1c1ccccc1. The lowest BCUT2D eigenvalue weighted by Crippen LogP contribution is -2.35. The summed E-state index contributed by atoms with van der Waals surface area (Å²) in [5.74, 6) is 4.93. The van der Waals surface area contributed by atoms with Gasteiger partial charge in [0.05, 0.1) is 0 Å². The van der Waals surface area contributed by atoms with Crippen molar-refractivity contribution in [3.63, 3.8) is 0 Å². The smallest absolute Gasteiger partial charge is 0.0127 e. The minimum absolute atomic E-state index is 0.781. The van der Waals surface area contributed by atoms with Crippen molar-refractivity contribution in [2.45, 2.75) is 37.6 Å². The third kappa shape index (κ3) is 1.80. The number of benzene rings is 1. The Hall–Kier alpha value is -0.820. The summed E-state index contributed by atoms with van der Waals surface area (Å²) in [4.78, 5) is 0. The summed E-state index contributed by atoms with van der Waals surface area (Å²) in [6, 6.07) is 11.9. The van der Waals surface area contributed by atoms with Crippen molar-refractivity contribution in [1.82, 2.24) is 5.32 Å².